The van der Waals surface area contributed by atoms with E-state index in [9.17, 15) is 13.6 Å². The molecule has 23 heavy (non-hydrogen) atoms. The number of halogens is 3. The summed E-state index contributed by atoms with van der Waals surface area (Å²) < 4.78 is 30.8. The molecule has 2 aromatic rings. The zero-order chi connectivity index (χ0) is 17.1. The van der Waals surface area contributed by atoms with Gasteiger partial charge < -0.3 is 10.1 Å². The van der Waals surface area contributed by atoms with Crippen LogP contribution in [0.4, 0.5) is 14.5 Å². The molecule has 124 valence electrons. The van der Waals surface area contributed by atoms with Crippen molar-refractivity contribution in [2.45, 2.75) is 33.4 Å². The van der Waals surface area contributed by atoms with E-state index in [0.29, 0.717) is 10.7 Å². The van der Waals surface area contributed by atoms with E-state index in [1.807, 2.05) is 0 Å². The van der Waals surface area contributed by atoms with Crippen LogP contribution in [0.15, 0.2) is 24.4 Å². The number of nitrogens with one attached hydrogen (secondary N) is 1. The van der Waals surface area contributed by atoms with Crippen molar-refractivity contribution >= 4 is 23.2 Å². The van der Waals surface area contributed by atoms with Gasteiger partial charge in [0.25, 0.3) is 0 Å². The summed E-state index contributed by atoms with van der Waals surface area (Å²) in [7, 11) is 0. The average molecular weight is 344 g/mol. The summed E-state index contributed by atoms with van der Waals surface area (Å²) in [4.78, 5) is 12.4. The molecule has 0 fully saturated rings. The van der Waals surface area contributed by atoms with E-state index in [1.165, 1.54) is 16.9 Å². The van der Waals surface area contributed by atoms with Gasteiger partial charge in [-0.2, -0.15) is 13.9 Å². The van der Waals surface area contributed by atoms with Crippen LogP contribution in [0.3, 0.4) is 0 Å². The predicted octanol–water partition coefficient (Wildman–Crippen LogP) is 3.95. The van der Waals surface area contributed by atoms with Crippen molar-refractivity contribution in [2.24, 2.45) is 0 Å². The predicted molar refractivity (Wildman–Crippen MR) is 83.1 cm³/mol. The van der Waals surface area contributed by atoms with Gasteiger partial charge in [0.1, 0.15) is 11.8 Å². The number of hydrogen-bond acceptors (Lipinski definition) is 3. The van der Waals surface area contributed by atoms with Crippen molar-refractivity contribution in [3.05, 3.63) is 40.7 Å². The van der Waals surface area contributed by atoms with E-state index >= 15 is 0 Å². The van der Waals surface area contributed by atoms with Crippen molar-refractivity contribution in [3.63, 3.8) is 0 Å². The SMILES string of the molecule is Cc1ccc(OC(F)F)c(NC(=O)C(C)n2ncc(Cl)c2C)c1. The standard InChI is InChI=1S/C15H16ClF2N3O2/c1-8-4-5-13(23-15(17)18)12(6-8)20-14(22)10(3)21-9(2)11(16)7-19-21/h4-7,10,15H,1-3H3,(H,20,22). The summed E-state index contributed by atoms with van der Waals surface area (Å²) in [5, 5.41) is 7.08. The highest BCUT2D eigenvalue weighted by molar-refractivity contribution is 6.31. The Labute approximate surface area is 137 Å². The molecule has 0 aliphatic rings. The van der Waals surface area contributed by atoms with Crippen LogP contribution in [0.2, 0.25) is 5.02 Å². The summed E-state index contributed by atoms with van der Waals surface area (Å²) >= 11 is 5.92. The minimum Gasteiger partial charge on any atom is -0.433 e. The van der Waals surface area contributed by atoms with Gasteiger partial charge in [0.15, 0.2) is 0 Å². The average Bonchev–Trinajstić information content (AvgIpc) is 2.80. The van der Waals surface area contributed by atoms with Gasteiger partial charge in [-0.25, -0.2) is 0 Å². The second-order valence-electron chi connectivity index (χ2n) is 5.07. The smallest absolute Gasteiger partial charge is 0.387 e. The van der Waals surface area contributed by atoms with Crippen molar-refractivity contribution in [1.29, 1.82) is 0 Å². The molecule has 1 heterocycles. The third kappa shape index (κ3) is 3.98. The first kappa shape index (κ1) is 17.2. The highest BCUT2D eigenvalue weighted by atomic mass is 35.5. The lowest BCUT2D eigenvalue weighted by molar-refractivity contribution is -0.119. The highest BCUT2D eigenvalue weighted by Crippen LogP contribution is 2.28. The summed E-state index contributed by atoms with van der Waals surface area (Å²) in [5.41, 5.74) is 1.62. The lowest BCUT2D eigenvalue weighted by atomic mass is 10.2. The Morgan fingerprint density at radius 3 is 2.65 bits per heavy atom. The molecule has 0 radical (unpaired) electrons. The Balaban J connectivity index is 2.22. The number of aromatic nitrogens is 2. The van der Waals surface area contributed by atoms with Crippen molar-refractivity contribution in [1.82, 2.24) is 9.78 Å². The molecule has 1 N–H and O–H groups in total. The monoisotopic (exact) mass is 343 g/mol. The number of alkyl halides is 2. The fraction of sp³-hybridized carbons (Fsp3) is 0.333. The largest absolute Gasteiger partial charge is 0.433 e. The molecule has 0 saturated heterocycles. The van der Waals surface area contributed by atoms with Gasteiger partial charge in [-0.05, 0) is 38.5 Å². The number of carbonyl (C=O) groups is 1. The number of anilines is 1. The number of amides is 1. The molecular formula is C15H16ClF2N3O2. The number of carbonyl (C=O) groups excluding carboxylic acids is 1. The third-order valence-electron chi connectivity index (χ3n) is 3.34. The second kappa shape index (κ2) is 6.95. The number of aryl methyl sites for hydroxylation is 1. The quantitative estimate of drug-likeness (QED) is 0.894. The van der Waals surface area contributed by atoms with Crippen LogP contribution in [0.5, 0.6) is 5.75 Å². The molecule has 5 nitrogen and oxygen atoms in total. The normalized spacial score (nSPS) is 12.3. The summed E-state index contributed by atoms with van der Waals surface area (Å²) in [5.74, 6) is -0.515. The maximum Gasteiger partial charge on any atom is 0.387 e. The van der Waals surface area contributed by atoms with E-state index in [0.717, 1.165) is 5.56 Å². The lowest BCUT2D eigenvalue weighted by Gasteiger charge is -2.17. The Bertz CT molecular complexity index is 719. The first-order valence-corrected chi connectivity index (χ1v) is 7.23. The molecule has 0 aliphatic carbocycles. The van der Waals surface area contributed by atoms with Crippen LogP contribution >= 0.6 is 11.6 Å². The lowest BCUT2D eigenvalue weighted by Crippen LogP contribution is -2.25. The molecule has 1 unspecified atom stereocenters. The van der Waals surface area contributed by atoms with Crippen LogP contribution in [0.1, 0.15) is 24.2 Å². The van der Waals surface area contributed by atoms with Gasteiger partial charge in [-0.15, -0.1) is 0 Å². The van der Waals surface area contributed by atoms with E-state index in [4.69, 9.17) is 11.6 Å². The van der Waals surface area contributed by atoms with Crippen molar-refractivity contribution < 1.29 is 18.3 Å². The molecule has 1 atom stereocenters. The number of hydrogen-bond donors (Lipinski definition) is 1. The highest BCUT2D eigenvalue weighted by Gasteiger charge is 2.20. The van der Waals surface area contributed by atoms with Gasteiger partial charge in [0.05, 0.1) is 22.6 Å². The Morgan fingerprint density at radius 2 is 2.09 bits per heavy atom. The fourth-order valence-corrected chi connectivity index (χ4v) is 2.21. The molecule has 0 aliphatic heterocycles. The molecule has 0 spiro atoms. The minimum absolute atomic E-state index is 0.0960. The second-order valence-corrected chi connectivity index (χ2v) is 5.47. The maximum atomic E-state index is 12.5. The van der Waals surface area contributed by atoms with Gasteiger partial charge in [-0.3, -0.25) is 9.48 Å². The van der Waals surface area contributed by atoms with E-state index in [-0.39, 0.29) is 11.4 Å². The Kier molecular flexibility index (Phi) is 5.20. The Hall–Kier alpha value is -2.15. The van der Waals surface area contributed by atoms with Crippen molar-refractivity contribution in [3.8, 4) is 5.75 Å². The zero-order valence-electron chi connectivity index (χ0n) is 12.8. The topological polar surface area (TPSA) is 56.1 Å². The van der Waals surface area contributed by atoms with E-state index in [2.05, 4.69) is 15.2 Å². The van der Waals surface area contributed by atoms with Crippen LogP contribution < -0.4 is 10.1 Å². The molecule has 1 amide bonds. The zero-order valence-corrected chi connectivity index (χ0v) is 13.6. The Morgan fingerprint density at radius 1 is 1.39 bits per heavy atom. The molecular weight excluding hydrogens is 328 g/mol. The summed E-state index contributed by atoms with van der Waals surface area (Å²) in [6.45, 7) is 2.17. The van der Waals surface area contributed by atoms with Gasteiger partial charge in [-0.1, -0.05) is 17.7 Å². The number of nitrogens with zero attached hydrogens (tertiary/aromatic N) is 2. The maximum absolute atomic E-state index is 12.5. The third-order valence-corrected chi connectivity index (χ3v) is 3.71. The van der Waals surface area contributed by atoms with E-state index < -0.39 is 18.6 Å². The number of benzene rings is 1. The van der Waals surface area contributed by atoms with E-state index in [1.54, 1.807) is 32.9 Å². The summed E-state index contributed by atoms with van der Waals surface area (Å²) in [6, 6.07) is 3.90. The first-order valence-electron chi connectivity index (χ1n) is 6.85. The number of rotatable bonds is 5. The van der Waals surface area contributed by atoms with Crippen LogP contribution in [0, 0.1) is 13.8 Å². The molecule has 1 aromatic heterocycles. The minimum atomic E-state index is -2.97. The van der Waals surface area contributed by atoms with Crippen LogP contribution in [-0.2, 0) is 4.79 Å². The van der Waals surface area contributed by atoms with Gasteiger partial charge in [0.2, 0.25) is 5.91 Å². The van der Waals surface area contributed by atoms with Crippen LogP contribution in [-0.4, -0.2) is 22.3 Å². The fourth-order valence-electron chi connectivity index (χ4n) is 2.08. The molecule has 0 bridgehead atoms. The van der Waals surface area contributed by atoms with Crippen LogP contribution in [0.25, 0.3) is 0 Å². The molecule has 2 rings (SSSR count). The van der Waals surface area contributed by atoms with Gasteiger partial charge >= 0.3 is 6.61 Å². The van der Waals surface area contributed by atoms with Crippen molar-refractivity contribution in [2.75, 3.05) is 5.32 Å². The molecule has 8 heteroatoms. The molecule has 1 aromatic carbocycles. The number of ether oxygens (including phenoxy) is 1. The first-order chi connectivity index (χ1) is 10.8. The van der Waals surface area contributed by atoms with Gasteiger partial charge in [0, 0.05) is 0 Å². The summed E-state index contributed by atoms with van der Waals surface area (Å²) in [6.07, 6.45) is 1.44. The molecule has 0 saturated carbocycles.